The van der Waals surface area contributed by atoms with Crippen LogP contribution >= 0.6 is 0 Å². The van der Waals surface area contributed by atoms with Crippen LogP contribution in [0.15, 0.2) is 50.6 Å². The van der Waals surface area contributed by atoms with Gasteiger partial charge in [0.05, 0.1) is 13.2 Å². The minimum Gasteiger partial charge on any atom is -0.462 e. The van der Waals surface area contributed by atoms with Crippen LogP contribution in [0.2, 0.25) is 0 Å². The van der Waals surface area contributed by atoms with Gasteiger partial charge in [-0.05, 0) is 175 Å². The van der Waals surface area contributed by atoms with Gasteiger partial charge in [-0.1, -0.05) is 33.2 Å². The van der Waals surface area contributed by atoms with Gasteiger partial charge in [0.15, 0.2) is 0 Å². The minimum atomic E-state index is -0.345. The molecule has 0 saturated heterocycles. The van der Waals surface area contributed by atoms with Gasteiger partial charge in [0, 0.05) is 35.1 Å². The zero-order valence-electron chi connectivity index (χ0n) is 33.6. The Balaban J connectivity index is 0.000000129. The van der Waals surface area contributed by atoms with Gasteiger partial charge in [-0.3, -0.25) is 0 Å². The third kappa shape index (κ3) is 7.91. The maximum Gasteiger partial charge on any atom is 0.330 e. The summed E-state index contributed by atoms with van der Waals surface area (Å²) in [6.07, 6.45) is 25.9. The normalized spacial score (nSPS) is 44.1. The lowest BCUT2D eigenvalue weighted by Gasteiger charge is -2.61. The SMILES string of the molecule is C=CC(=O)OC1(C)C2CC3CC(C2)CC1C3.C=CC(=O)OC1(CC)C2CC3CC(C2)CC1C3.C=CC(=O)OCC12CC3CC(C1)CC(COC(=O)C=C)(C3)C2. The molecule has 12 saturated carbocycles. The first-order valence-electron chi connectivity index (χ1n) is 21.6. The van der Waals surface area contributed by atoms with Crippen molar-refractivity contribution in [1.82, 2.24) is 0 Å². The first-order chi connectivity index (χ1) is 26.3. The van der Waals surface area contributed by atoms with Gasteiger partial charge < -0.3 is 18.9 Å². The second kappa shape index (κ2) is 15.6. The molecule has 302 valence electrons. The molecular formula is C47H66O8. The fraction of sp³-hybridized carbons (Fsp3) is 0.745. The first-order valence-corrected chi connectivity index (χ1v) is 21.6. The molecule has 0 aromatic heterocycles. The average Bonchev–Trinajstić information content (AvgIpc) is 3.16. The van der Waals surface area contributed by atoms with Crippen LogP contribution in [0.3, 0.4) is 0 Å². The van der Waals surface area contributed by atoms with Crippen LogP contribution in [0, 0.1) is 70.0 Å². The maximum absolute atomic E-state index is 11.6. The maximum atomic E-state index is 11.6. The predicted octanol–water partition coefficient (Wildman–Crippen LogP) is 9.28. The van der Waals surface area contributed by atoms with E-state index in [9.17, 15) is 19.2 Å². The van der Waals surface area contributed by atoms with Gasteiger partial charge in [0.25, 0.3) is 0 Å². The van der Waals surface area contributed by atoms with Crippen LogP contribution < -0.4 is 0 Å². The largest absolute Gasteiger partial charge is 0.462 e. The molecule has 0 aromatic rings. The van der Waals surface area contributed by atoms with Gasteiger partial charge in [0.1, 0.15) is 11.2 Å². The molecule has 12 rings (SSSR count). The van der Waals surface area contributed by atoms with Crippen LogP contribution in [0.1, 0.15) is 123 Å². The van der Waals surface area contributed by atoms with Crippen molar-refractivity contribution in [3.8, 4) is 0 Å². The smallest absolute Gasteiger partial charge is 0.330 e. The number of esters is 4. The fourth-order valence-corrected chi connectivity index (χ4v) is 15.1. The Morgan fingerprint density at radius 2 is 0.855 bits per heavy atom. The van der Waals surface area contributed by atoms with E-state index in [4.69, 9.17) is 18.9 Å². The van der Waals surface area contributed by atoms with Crippen LogP contribution in [-0.2, 0) is 38.1 Å². The Labute approximate surface area is 329 Å². The molecule has 12 aliphatic rings. The Morgan fingerprint density at radius 1 is 0.509 bits per heavy atom. The molecular weight excluding hydrogens is 693 g/mol. The average molecular weight is 759 g/mol. The highest BCUT2D eigenvalue weighted by Gasteiger charge is 2.60. The number of hydrogen-bond acceptors (Lipinski definition) is 8. The first kappa shape index (κ1) is 40.1. The number of hydrogen-bond donors (Lipinski definition) is 0. The molecule has 12 fully saturated rings. The highest BCUT2D eigenvalue weighted by molar-refractivity contribution is 5.82. The number of rotatable bonds is 11. The Morgan fingerprint density at radius 3 is 1.22 bits per heavy atom. The zero-order chi connectivity index (χ0) is 39.2. The standard InChI is InChI=1S/C18H24O4.C15H22O2.C14H20O2/c1-3-15(19)21-11-17-6-13-5-14(7-17)9-18(8-13,10-17)12-22-16(20)4-2;1-3-14(16)17-15(4-2)12-6-10-5-11(8-12)9-13(15)7-10;1-3-13(15)16-14(2)11-5-9-4-10(7-11)8-12(14)6-9/h3-4,13-14H,1-2,5-12H2;3,10-13H,1,4-9H2,2H3;3,9-12H,1,4-8H2,2H3. The molecule has 8 nitrogen and oxygen atoms in total. The summed E-state index contributed by atoms with van der Waals surface area (Å²) in [6.45, 7) is 19.2. The Bertz CT molecular complexity index is 1430. The van der Waals surface area contributed by atoms with Gasteiger partial charge in [-0.2, -0.15) is 0 Å². The van der Waals surface area contributed by atoms with E-state index in [2.05, 4.69) is 40.2 Å². The minimum absolute atomic E-state index is 0.0728. The van der Waals surface area contributed by atoms with Crippen molar-refractivity contribution in [3.63, 3.8) is 0 Å². The van der Waals surface area contributed by atoms with Crippen molar-refractivity contribution in [3.05, 3.63) is 50.6 Å². The molecule has 0 amide bonds. The molecule has 0 aromatic carbocycles. The number of ether oxygens (including phenoxy) is 4. The molecule has 0 heterocycles. The zero-order valence-corrected chi connectivity index (χ0v) is 33.6. The number of carbonyl (C=O) groups is 4. The van der Waals surface area contributed by atoms with E-state index in [0.29, 0.717) is 48.7 Å². The van der Waals surface area contributed by atoms with Crippen molar-refractivity contribution in [1.29, 1.82) is 0 Å². The predicted molar refractivity (Wildman–Crippen MR) is 210 cm³/mol. The lowest BCUT2D eigenvalue weighted by atomic mass is 9.44. The Hall–Kier alpha value is -3.16. The summed E-state index contributed by atoms with van der Waals surface area (Å²) in [5, 5.41) is 0. The van der Waals surface area contributed by atoms with Gasteiger partial charge >= 0.3 is 23.9 Å². The third-order valence-electron chi connectivity index (χ3n) is 16.5. The molecule has 0 unspecified atom stereocenters. The molecule has 0 spiro atoms. The summed E-state index contributed by atoms with van der Waals surface area (Å²) in [6, 6.07) is 0. The quantitative estimate of drug-likeness (QED) is 0.117. The highest BCUT2D eigenvalue weighted by atomic mass is 16.6. The van der Waals surface area contributed by atoms with E-state index < -0.39 is 0 Å². The second-order valence-corrected chi connectivity index (χ2v) is 19.9. The third-order valence-corrected chi connectivity index (χ3v) is 16.5. The van der Waals surface area contributed by atoms with Gasteiger partial charge in [-0.15, -0.1) is 0 Å². The van der Waals surface area contributed by atoms with Gasteiger partial charge in [0.2, 0.25) is 0 Å². The summed E-state index contributed by atoms with van der Waals surface area (Å²) < 4.78 is 22.3. The molecule has 55 heavy (non-hydrogen) atoms. The monoisotopic (exact) mass is 758 g/mol. The molecule has 12 bridgehead atoms. The lowest BCUT2D eigenvalue weighted by molar-refractivity contribution is -0.206. The van der Waals surface area contributed by atoms with Crippen LogP contribution in [0.5, 0.6) is 0 Å². The van der Waals surface area contributed by atoms with Crippen LogP contribution in [-0.4, -0.2) is 48.3 Å². The topological polar surface area (TPSA) is 105 Å². The molecule has 0 radical (unpaired) electrons. The highest BCUT2D eigenvalue weighted by Crippen LogP contribution is 2.66. The van der Waals surface area contributed by atoms with Crippen molar-refractivity contribution >= 4 is 23.9 Å². The van der Waals surface area contributed by atoms with Gasteiger partial charge in [-0.25, -0.2) is 19.2 Å². The van der Waals surface area contributed by atoms with E-state index in [1.165, 1.54) is 94.9 Å². The van der Waals surface area contributed by atoms with Crippen LogP contribution in [0.4, 0.5) is 0 Å². The number of carbonyl (C=O) groups excluding carboxylic acids is 4. The van der Waals surface area contributed by atoms with Crippen LogP contribution in [0.25, 0.3) is 0 Å². The summed E-state index contributed by atoms with van der Waals surface area (Å²) in [7, 11) is 0. The molecule has 0 N–H and O–H groups in total. The molecule has 0 atom stereocenters. The van der Waals surface area contributed by atoms with E-state index in [0.717, 1.165) is 62.2 Å². The molecule has 12 aliphatic carbocycles. The van der Waals surface area contributed by atoms with E-state index in [-0.39, 0.29) is 45.9 Å². The second-order valence-electron chi connectivity index (χ2n) is 19.9. The molecule has 8 heteroatoms. The van der Waals surface area contributed by atoms with E-state index >= 15 is 0 Å². The van der Waals surface area contributed by atoms with Crippen molar-refractivity contribution < 1.29 is 38.1 Å². The van der Waals surface area contributed by atoms with Crippen molar-refractivity contribution in [2.75, 3.05) is 13.2 Å². The van der Waals surface area contributed by atoms with E-state index in [1.807, 2.05) is 0 Å². The summed E-state index contributed by atoms with van der Waals surface area (Å²) >= 11 is 0. The Kier molecular flexibility index (Phi) is 11.4. The summed E-state index contributed by atoms with van der Waals surface area (Å²) in [5.41, 5.74) is -0.204. The summed E-state index contributed by atoms with van der Waals surface area (Å²) in [5.74, 6) is 6.30. The molecule has 0 aliphatic heterocycles. The fourth-order valence-electron chi connectivity index (χ4n) is 15.1. The lowest BCUT2D eigenvalue weighted by Crippen LogP contribution is -2.59. The van der Waals surface area contributed by atoms with E-state index in [1.54, 1.807) is 0 Å². The van der Waals surface area contributed by atoms with Crippen molar-refractivity contribution in [2.24, 2.45) is 70.0 Å². The summed E-state index contributed by atoms with van der Waals surface area (Å²) in [4.78, 5) is 45.9. The van der Waals surface area contributed by atoms with Crippen molar-refractivity contribution in [2.45, 2.75) is 134 Å².